The van der Waals surface area contributed by atoms with Gasteiger partial charge in [-0.3, -0.25) is 9.80 Å². The first-order chi connectivity index (χ1) is 5.00. The highest BCUT2D eigenvalue weighted by molar-refractivity contribution is 6.31. The second-order valence-electron chi connectivity index (χ2n) is 2.17. The van der Waals surface area contributed by atoms with E-state index in [1.807, 2.05) is 0 Å². The average Bonchev–Trinajstić information content (AvgIpc) is 1.88. The Hall–Kier alpha value is -1.10. The van der Waals surface area contributed by atoms with Crippen molar-refractivity contribution >= 4 is 11.9 Å². The van der Waals surface area contributed by atoms with E-state index in [-0.39, 0.29) is 0 Å². The van der Waals surface area contributed by atoms with Gasteiger partial charge in [0, 0.05) is 20.6 Å². The fourth-order valence-corrected chi connectivity index (χ4v) is 0.719. The molecule has 1 amide bonds. The van der Waals surface area contributed by atoms with Gasteiger partial charge < -0.3 is 5.11 Å². The maximum absolute atomic E-state index is 10.8. The zero-order chi connectivity index (χ0) is 9.02. The summed E-state index contributed by atoms with van der Waals surface area (Å²) in [6.07, 6.45) is 0. The molecule has 1 N–H and O–H groups in total. The normalized spacial score (nSPS) is 9.82. The summed E-state index contributed by atoms with van der Waals surface area (Å²) in [6.45, 7) is 2.07. The molecule has 5 heteroatoms. The summed E-state index contributed by atoms with van der Waals surface area (Å²) >= 11 is 0. The van der Waals surface area contributed by atoms with Crippen LogP contribution < -0.4 is 0 Å². The predicted octanol–water partition coefficient (Wildman–Crippen LogP) is -0.604. The highest BCUT2D eigenvalue weighted by Crippen LogP contribution is 1.91. The third kappa shape index (κ3) is 2.55. The van der Waals surface area contributed by atoms with Crippen molar-refractivity contribution < 1.29 is 14.7 Å². The van der Waals surface area contributed by atoms with Gasteiger partial charge in [-0.05, 0) is 6.92 Å². The third-order valence-corrected chi connectivity index (χ3v) is 1.20. The molecule has 0 saturated heterocycles. The molecular weight excluding hydrogens is 148 g/mol. The molecule has 0 spiro atoms. The summed E-state index contributed by atoms with van der Waals surface area (Å²) in [7, 11) is 3.23. The van der Waals surface area contributed by atoms with E-state index in [9.17, 15) is 9.59 Å². The van der Waals surface area contributed by atoms with Crippen LogP contribution in [0.15, 0.2) is 0 Å². The summed E-state index contributed by atoms with van der Waals surface area (Å²) in [5, 5.41) is 10.9. The molecule has 0 aliphatic carbocycles. The standard InChI is InChI=1S/C6H12N2O3/c1-4-8(7(2)3)5(9)6(10)11/h4H2,1-3H3,(H,10,11). The second kappa shape index (κ2) is 3.92. The van der Waals surface area contributed by atoms with E-state index in [0.29, 0.717) is 6.54 Å². The highest BCUT2D eigenvalue weighted by atomic mass is 16.4. The summed E-state index contributed by atoms with van der Waals surface area (Å²) in [5.41, 5.74) is 0. The van der Waals surface area contributed by atoms with Crippen LogP contribution in [0.4, 0.5) is 0 Å². The van der Waals surface area contributed by atoms with Gasteiger partial charge in [-0.1, -0.05) is 0 Å². The van der Waals surface area contributed by atoms with E-state index < -0.39 is 11.9 Å². The lowest BCUT2D eigenvalue weighted by Gasteiger charge is -2.25. The Kier molecular flexibility index (Phi) is 3.53. The summed E-state index contributed by atoms with van der Waals surface area (Å²) in [5.74, 6) is -2.34. The van der Waals surface area contributed by atoms with E-state index in [2.05, 4.69) is 0 Å². The number of carboxylic acid groups (broad SMARTS) is 1. The molecule has 0 unspecified atom stereocenters. The Morgan fingerprint density at radius 1 is 1.36 bits per heavy atom. The number of hydrazine groups is 1. The highest BCUT2D eigenvalue weighted by Gasteiger charge is 2.20. The van der Waals surface area contributed by atoms with Crippen molar-refractivity contribution in [2.45, 2.75) is 6.92 Å². The van der Waals surface area contributed by atoms with Gasteiger partial charge in [-0.25, -0.2) is 9.80 Å². The second-order valence-corrected chi connectivity index (χ2v) is 2.17. The molecule has 0 heterocycles. The smallest absolute Gasteiger partial charge is 0.396 e. The number of nitrogens with zero attached hydrogens (tertiary/aromatic N) is 2. The molecule has 0 aromatic rings. The number of carbonyl (C=O) groups excluding carboxylic acids is 1. The van der Waals surface area contributed by atoms with Crippen LogP contribution in [0.1, 0.15) is 6.92 Å². The number of carboxylic acids is 1. The molecule has 0 aliphatic rings. The number of likely N-dealkylation sites (N-methyl/N-ethyl adjacent to an activating group) is 1. The van der Waals surface area contributed by atoms with Crippen molar-refractivity contribution in [2.75, 3.05) is 20.6 Å². The first-order valence-electron chi connectivity index (χ1n) is 3.22. The fraction of sp³-hybridized carbons (Fsp3) is 0.667. The van der Waals surface area contributed by atoms with Gasteiger partial charge in [0.1, 0.15) is 0 Å². The number of rotatable bonds is 2. The van der Waals surface area contributed by atoms with Crippen LogP contribution in [-0.4, -0.2) is 47.6 Å². The largest absolute Gasteiger partial charge is 0.474 e. The summed E-state index contributed by atoms with van der Waals surface area (Å²) < 4.78 is 0. The average molecular weight is 160 g/mol. The molecule has 0 radical (unpaired) electrons. The molecule has 11 heavy (non-hydrogen) atoms. The van der Waals surface area contributed by atoms with E-state index >= 15 is 0 Å². The number of carbonyl (C=O) groups is 2. The molecule has 0 saturated carbocycles. The molecule has 0 aromatic heterocycles. The molecule has 0 bridgehead atoms. The topological polar surface area (TPSA) is 60.9 Å². The molecule has 0 fully saturated rings. The van der Waals surface area contributed by atoms with Crippen LogP contribution in [0.25, 0.3) is 0 Å². The lowest BCUT2D eigenvalue weighted by molar-refractivity contribution is -0.163. The summed E-state index contributed by atoms with van der Waals surface area (Å²) in [4.78, 5) is 21.0. The van der Waals surface area contributed by atoms with Gasteiger partial charge in [-0.2, -0.15) is 0 Å². The first kappa shape index (κ1) is 9.90. The van der Waals surface area contributed by atoms with Gasteiger partial charge in [0.2, 0.25) is 0 Å². The number of amides is 1. The minimum Gasteiger partial charge on any atom is -0.474 e. The molecule has 0 atom stereocenters. The van der Waals surface area contributed by atoms with Crippen LogP contribution in [0, 0.1) is 0 Å². The van der Waals surface area contributed by atoms with Crippen LogP contribution in [0.2, 0.25) is 0 Å². The Bertz CT molecular complexity index is 167. The van der Waals surface area contributed by atoms with Crippen LogP contribution in [0.3, 0.4) is 0 Å². The number of aliphatic carboxylic acids is 1. The predicted molar refractivity (Wildman–Crippen MR) is 38.7 cm³/mol. The fourth-order valence-electron chi connectivity index (χ4n) is 0.719. The number of hydrogen-bond donors (Lipinski definition) is 1. The molecule has 0 aliphatic heterocycles. The lowest BCUT2D eigenvalue weighted by Crippen LogP contribution is -2.45. The van der Waals surface area contributed by atoms with Crippen molar-refractivity contribution in [3.05, 3.63) is 0 Å². The Morgan fingerprint density at radius 3 is 1.91 bits per heavy atom. The maximum Gasteiger partial charge on any atom is 0.396 e. The Balaban J connectivity index is 4.26. The van der Waals surface area contributed by atoms with Gasteiger partial charge in [0.15, 0.2) is 0 Å². The zero-order valence-corrected chi connectivity index (χ0v) is 6.87. The van der Waals surface area contributed by atoms with Gasteiger partial charge in [-0.15, -0.1) is 0 Å². The van der Waals surface area contributed by atoms with E-state index in [1.54, 1.807) is 21.0 Å². The van der Waals surface area contributed by atoms with Crippen molar-refractivity contribution in [1.82, 2.24) is 10.0 Å². The molecule has 5 nitrogen and oxygen atoms in total. The monoisotopic (exact) mass is 160 g/mol. The van der Waals surface area contributed by atoms with Crippen LogP contribution in [0.5, 0.6) is 0 Å². The van der Waals surface area contributed by atoms with Crippen molar-refractivity contribution in [2.24, 2.45) is 0 Å². The lowest BCUT2D eigenvalue weighted by atomic mass is 10.5. The van der Waals surface area contributed by atoms with E-state index in [4.69, 9.17) is 5.11 Å². The van der Waals surface area contributed by atoms with E-state index in [1.165, 1.54) is 5.01 Å². The quantitative estimate of drug-likeness (QED) is 0.432. The zero-order valence-electron chi connectivity index (χ0n) is 6.87. The van der Waals surface area contributed by atoms with Crippen molar-refractivity contribution in [3.8, 4) is 0 Å². The third-order valence-electron chi connectivity index (χ3n) is 1.20. The molecular formula is C6H12N2O3. The van der Waals surface area contributed by atoms with Crippen LogP contribution >= 0.6 is 0 Å². The molecule has 64 valence electrons. The number of hydrogen-bond acceptors (Lipinski definition) is 3. The Morgan fingerprint density at radius 2 is 1.82 bits per heavy atom. The molecule has 0 rings (SSSR count). The van der Waals surface area contributed by atoms with Crippen molar-refractivity contribution in [3.63, 3.8) is 0 Å². The molecule has 0 aromatic carbocycles. The minimum atomic E-state index is -1.43. The van der Waals surface area contributed by atoms with Gasteiger partial charge >= 0.3 is 11.9 Å². The van der Waals surface area contributed by atoms with E-state index in [0.717, 1.165) is 5.01 Å². The SMILES string of the molecule is CCN(C(=O)C(=O)O)N(C)C. The Labute approximate surface area is 65.2 Å². The maximum atomic E-state index is 10.8. The summed E-state index contributed by atoms with van der Waals surface area (Å²) in [6, 6.07) is 0. The van der Waals surface area contributed by atoms with Crippen molar-refractivity contribution in [1.29, 1.82) is 0 Å². The minimum absolute atomic E-state index is 0.359. The van der Waals surface area contributed by atoms with Crippen LogP contribution in [-0.2, 0) is 9.59 Å². The van der Waals surface area contributed by atoms with Gasteiger partial charge in [0.05, 0.1) is 0 Å². The van der Waals surface area contributed by atoms with Gasteiger partial charge in [0.25, 0.3) is 0 Å². The first-order valence-corrected chi connectivity index (χ1v) is 3.22.